The van der Waals surface area contributed by atoms with Crippen LogP contribution in [0.2, 0.25) is 0 Å². The number of carbonyl (C=O) groups is 2. The molecule has 0 aromatic heterocycles. The predicted molar refractivity (Wildman–Crippen MR) is 98.2 cm³/mol. The summed E-state index contributed by atoms with van der Waals surface area (Å²) in [6.07, 6.45) is 1.70. The second-order valence-electron chi connectivity index (χ2n) is 5.50. The van der Waals surface area contributed by atoms with Gasteiger partial charge in [-0.05, 0) is 18.9 Å². The lowest BCUT2D eigenvalue weighted by Crippen LogP contribution is -2.30. The third kappa shape index (κ3) is 2.60. The van der Waals surface area contributed by atoms with Gasteiger partial charge in [-0.25, -0.2) is 0 Å². The Morgan fingerprint density at radius 3 is 2.35 bits per heavy atom. The first-order valence-corrected chi connectivity index (χ1v) is 9.01. The molecule has 1 aromatic carbocycles. The van der Waals surface area contributed by atoms with Crippen LogP contribution in [0.15, 0.2) is 29.2 Å². The Hall–Kier alpha value is -1.66. The highest BCUT2D eigenvalue weighted by Gasteiger charge is 2.41. The molecule has 0 saturated carbocycles. The van der Waals surface area contributed by atoms with Crippen molar-refractivity contribution in [1.29, 1.82) is 0 Å². The van der Waals surface area contributed by atoms with Crippen molar-refractivity contribution in [2.45, 2.75) is 26.7 Å². The van der Waals surface area contributed by atoms with Crippen molar-refractivity contribution in [3.8, 4) is 0 Å². The van der Waals surface area contributed by atoms with Crippen LogP contribution in [0.5, 0.6) is 0 Å². The average Bonchev–Trinajstić information content (AvgIpc) is 2.97. The molecule has 0 atom stereocenters. The van der Waals surface area contributed by atoms with Crippen molar-refractivity contribution >= 4 is 51.4 Å². The third-order valence-corrected chi connectivity index (χ3v) is 5.34. The van der Waals surface area contributed by atoms with Crippen molar-refractivity contribution in [2.75, 3.05) is 18.0 Å². The third-order valence-electron chi connectivity index (χ3n) is 3.89. The van der Waals surface area contributed by atoms with Crippen LogP contribution in [0.4, 0.5) is 5.69 Å². The highest BCUT2D eigenvalue weighted by Crippen LogP contribution is 2.44. The van der Waals surface area contributed by atoms with Crippen molar-refractivity contribution < 1.29 is 9.59 Å². The summed E-state index contributed by atoms with van der Waals surface area (Å²) in [5.41, 5.74) is 2.23. The average molecular weight is 346 g/mol. The molecule has 0 unspecified atom stereocenters. The summed E-state index contributed by atoms with van der Waals surface area (Å²) in [6.45, 7) is 5.28. The van der Waals surface area contributed by atoms with Crippen molar-refractivity contribution in [3.05, 3.63) is 34.7 Å². The van der Waals surface area contributed by atoms with E-state index in [1.54, 1.807) is 9.80 Å². The zero-order chi connectivity index (χ0) is 16.6. The molecule has 6 heteroatoms. The van der Waals surface area contributed by atoms with Crippen molar-refractivity contribution in [1.82, 2.24) is 4.90 Å². The molecule has 0 aliphatic carbocycles. The highest BCUT2D eigenvalue weighted by atomic mass is 32.2. The normalized spacial score (nSPS) is 20.7. The van der Waals surface area contributed by atoms with Crippen LogP contribution in [-0.4, -0.2) is 34.1 Å². The molecule has 120 valence electrons. The molecule has 2 amide bonds. The predicted octanol–water partition coefficient (Wildman–Crippen LogP) is 3.42. The van der Waals surface area contributed by atoms with E-state index < -0.39 is 0 Å². The molecule has 3 rings (SSSR count). The number of benzene rings is 1. The molecule has 0 spiro atoms. The van der Waals surface area contributed by atoms with Crippen LogP contribution in [0.25, 0.3) is 5.57 Å². The molecule has 4 nitrogen and oxygen atoms in total. The van der Waals surface area contributed by atoms with Gasteiger partial charge in [0.2, 0.25) is 0 Å². The van der Waals surface area contributed by atoms with E-state index in [0.29, 0.717) is 27.9 Å². The summed E-state index contributed by atoms with van der Waals surface area (Å²) in [4.78, 5) is 29.4. The van der Waals surface area contributed by atoms with Gasteiger partial charge in [0, 0.05) is 18.7 Å². The van der Waals surface area contributed by atoms with Gasteiger partial charge < -0.3 is 4.90 Å². The van der Waals surface area contributed by atoms with Gasteiger partial charge in [-0.2, -0.15) is 0 Å². The molecule has 1 aromatic rings. The molecule has 2 aliphatic heterocycles. The number of amides is 2. The number of hydrogen-bond donors (Lipinski definition) is 0. The van der Waals surface area contributed by atoms with Gasteiger partial charge in [0.05, 0.1) is 16.2 Å². The fraction of sp³-hybridized carbons (Fsp3) is 0.353. The Balaban J connectivity index is 2.11. The number of nitrogens with zero attached hydrogens (tertiary/aromatic N) is 2. The first-order valence-electron chi connectivity index (χ1n) is 7.79. The lowest BCUT2D eigenvalue weighted by molar-refractivity contribution is -0.122. The van der Waals surface area contributed by atoms with Crippen LogP contribution in [0.1, 0.15) is 32.3 Å². The summed E-state index contributed by atoms with van der Waals surface area (Å²) < 4.78 is 0.540. The van der Waals surface area contributed by atoms with Gasteiger partial charge >= 0.3 is 0 Å². The molecule has 0 radical (unpaired) electrons. The molecular weight excluding hydrogens is 328 g/mol. The van der Waals surface area contributed by atoms with E-state index in [1.165, 1.54) is 11.8 Å². The fourth-order valence-electron chi connectivity index (χ4n) is 2.91. The monoisotopic (exact) mass is 346 g/mol. The number of fused-ring (bicyclic) bond motifs is 1. The lowest BCUT2D eigenvalue weighted by atomic mass is 10.1. The number of thiocarbonyl (C=S) groups is 1. The second kappa shape index (κ2) is 6.45. The molecule has 2 aliphatic rings. The summed E-state index contributed by atoms with van der Waals surface area (Å²) in [6, 6.07) is 7.65. The lowest BCUT2D eigenvalue weighted by Gasteiger charge is -2.15. The molecule has 23 heavy (non-hydrogen) atoms. The smallest absolute Gasteiger partial charge is 0.267 e. The minimum Gasteiger partial charge on any atom is -0.308 e. The van der Waals surface area contributed by atoms with E-state index in [1.807, 2.05) is 38.1 Å². The molecule has 0 N–H and O–H groups in total. The standard InChI is InChI=1S/C17H18N2O2S2/c1-3-9-18-12-8-6-5-7-11(12)13(15(18)20)14-16(21)19(10-4-2)17(22)23-14/h5-8H,3-4,9-10H2,1-2H3/b14-13-. The summed E-state index contributed by atoms with van der Waals surface area (Å²) >= 11 is 6.57. The van der Waals surface area contributed by atoms with Gasteiger partial charge in [-0.15, -0.1) is 0 Å². The zero-order valence-corrected chi connectivity index (χ0v) is 14.8. The summed E-state index contributed by atoms with van der Waals surface area (Å²) in [5, 5.41) is 0. The first-order chi connectivity index (χ1) is 11.1. The van der Waals surface area contributed by atoms with Gasteiger partial charge in [-0.1, -0.05) is 56.0 Å². The Morgan fingerprint density at radius 1 is 1.00 bits per heavy atom. The Bertz CT molecular complexity index is 727. The van der Waals surface area contributed by atoms with Gasteiger partial charge in [-0.3, -0.25) is 14.5 Å². The minimum atomic E-state index is -0.140. The quantitative estimate of drug-likeness (QED) is 0.619. The molecule has 1 saturated heterocycles. The maximum Gasteiger partial charge on any atom is 0.267 e. The van der Waals surface area contributed by atoms with Crippen LogP contribution in [0.3, 0.4) is 0 Å². The number of para-hydroxylation sites is 1. The Morgan fingerprint density at radius 2 is 1.65 bits per heavy atom. The number of thioether (sulfide) groups is 1. The maximum atomic E-state index is 12.9. The number of carbonyl (C=O) groups excluding carboxylic acids is 2. The van der Waals surface area contributed by atoms with Crippen molar-refractivity contribution in [3.63, 3.8) is 0 Å². The van der Waals surface area contributed by atoms with E-state index >= 15 is 0 Å². The maximum absolute atomic E-state index is 12.9. The van der Waals surface area contributed by atoms with Gasteiger partial charge in [0.25, 0.3) is 11.8 Å². The molecule has 2 heterocycles. The van der Waals surface area contributed by atoms with E-state index in [2.05, 4.69) is 0 Å². The van der Waals surface area contributed by atoms with Gasteiger partial charge in [0.15, 0.2) is 0 Å². The SMILES string of the molecule is CCCN1C(=O)/C(=C2/C(=O)N(CCC)c3ccccc32)SC1=S. The molecule has 0 bridgehead atoms. The number of hydrogen-bond acceptors (Lipinski definition) is 4. The van der Waals surface area contributed by atoms with Crippen LogP contribution < -0.4 is 4.90 Å². The fourth-order valence-corrected chi connectivity index (χ4v) is 4.29. The number of anilines is 1. The van der Waals surface area contributed by atoms with Gasteiger partial charge in [0.1, 0.15) is 4.32 Å². The first kappa shape index (κ1) is 16.2. The van der Waals surface area contributed by atoms with E-state index in [4.69, 9.17) is 12.2 Å². The zero-order valence-electron chi connectivity index (χ0n) is 13.2. The second-order valence-corrected chi connectivity index (χ2v) is 7.15. The Labute approximate surface area is 145 Å². The van der Waals surface area contributed by atoms with E-state index in [-0.39, 0.29) is 11.8 Å². The van der Waals surface area contributed by atoms with E-state index in [9.17, 15) is 9.59 Å². The number of rotatable bonds is 4. The van der Waals surface area contributed by atoms with Crippen LogP contribution in [-0.2, 0) is 9.59 Å². The van der Waals surface area contributed by atoms with Crippen molar-refractivity contribution in [2.24, 2.45) is 0 Å². The summed E-state index contributed by atoms with van der Waals surface area (Å²) in [7, 11) is 0. The molecular formula is C17H18N2O2S2. The summed E-state index contributed by atoms with van der Waals surface area (Å²) in [5.74, 6) is -0.233. The largest absolute Gasteiger partial charge is 0.308 e. The van der Waals surface area contributed by atoms with E-state index in [0.717, 1.165) is 24.1 Å². The molecule has 1 fully saturated rings. The highest BCUT2D eigenvalue weighted by molar-refractivity contribution is 8.26. The minimum absolute atomic E-state index is 0.0925. The Kier molecular flexibility index (Phi) is 4.55. The van der Waals surface area contributed by atoms with Crippen LogP contribution >= 0.6 is 24.0 Å². The van der Waals surface area contributed by atoms with Crippen LogP contribution in [0, 0.1) is 0 Å². The topological polar surface area (TPSA) is 40.6 Å².